The molecule has 1 aromatic carbocycles. The van der Waals surface area contributed by atoms with Crippen LogP contribution in [0, 0.1) is 12.7 Å². The number of benzene rings is 1. The average molecular weight is 454 g/mol. The van der Waals surface area contributed by atoms with Crippen molar-refractivity contribution in [3.8, 4) is 5.00 Å². The van der Waals surface area contributed by atoms with E-state index in [4.69, 9.17) is 4.74 Å². The third-order valence-electron chi connectivity index (χ3n) is 3.91. The smallest absolute Gasteiger partial charge is 0.164 e. The molecular weight excluding hydrogens is 429 g/mol. The van der Waals surface area contributed by atoms with Gasteiger partial charge < -0.3 is 4.74 Å². The molecule has 27 heavy (non-hydrogen) atoms. The minimum Gasteiger partial charge on any atom is -0.369 e. The van der Waals surface area contributed by atoms with Crippen LogP contribution in [0.3, 0.4) is 0 Å². The fourth-order valence-corrected chi connectivity index (χ4v) is 4.74. The van der Waals surface area contributed by atoms with Gasteiger partial charge in [-0.1, -0.05) is 39.8 Å². The van der Waals surface area contributed by atoms with Crippen LogP contribution in [0.4, 0.5) is 4.39 Å². The third-order valence-corrected chi connectivity index (χ3v) is 5.92. The average Bonchev–Trinajstić information content (AvgIpc) is 3.14. The highest BCUT2D eigenvalue weighted by molar-refractivity contribution is 9.11. The second-order valence-electron chi connectivity index (χ2n) is 5.43. The summed E-state index contributed by atoms with van der Waals surface area (Å²) in [6.45, 7) is 10.9. The maximum atomic E-state index is 13.1. The lowest BCUT2D eigenvalue weighted by Crippen LogP contribution is -2.00. The highest BCUT2D eigenvalue weighted by Crippen LogP contribution is 2.40. The number of nitrogens with zero attached hydrogens (tertiary/aromatic N) is 3. The molecule has 0 saturated heterocycles. The Morgan fingerprint density at radius 1 is 1.11 bits per heavy atom. The lowest BCUT2D eigenvalue weighted by atomic mass is 10.0. The van der Waals surface area contributed by atoms with E-state index in [1.54, 1.807) is 11.3 Å². The van der Waals surface area contributed by atoms with Crippen molar-refractivity contribution in [2.24, 2.45) is 0 Å². The van der Waals surface area contributed by atoms with Crippen molar-refractivity contribution >= 4 is 27.3 Å². The summed E-state index contributed by atoms with van der Waals surface area (Å²) in [7, 11) is 0. The van der Waals surface area contributed by atoms with Gasteiger partial charge in [0, 0.05) is 5.56 Å². The number of halogens is 2. The first kappa shape index (κ1) is 21.7. The van der Waals surface area contributed by atoms with E-state index in [9.17, 15) is 4.39 Å². The molecule has 0 bridgehead atoms. The third kappa shape index (κ3) is 4.65. The minimum absolute atomic E-state index is 0.218. The summed E-state index contributed by atoms with van der Waals surface area (Å²) < 4.78 is 22.0. The SMILES string of the molecule is CC.CC.Cc1nnc2n1-c1sc(Br)c(Cc3ccc(F)cc3)c1COC2. The van der Waals surface area contributed by atoms with Crippen LogP contribution in [0.25, 0.3) is 5.00 Å². The van der Waals surface area contributed by atoms with Crippen LogP contribution in [0.2, 0.25) is 0 Å². The van der Waals surface area contributed by atoms with Crippen LogP contribution in [0.5, 0.6) is 0 Å². The molecule has 0 saturated carbocycles. The minimum atomic E-state index is -0.218. The van der Waals surface area contributed by atoms with Gasteiger partial charge >= 0.3 is 0 Å². The summed E-state index contributed by atoms with van der Waals surface area (Å²) in [6, 6.07) is 6.62. The Labute approximate surface area is 172 Å². The molecule has 4 nitrogen and oxygen atoms in total. The largest absolute Gasteiger partial charge is 0.369 e. The number of rotatable bonds is 2. The van der Waals surface area contributed by atoms with Gasteiger partial charge in [0.25, 0.3) is 0 Å². The van der Waals surface area contributed by atoms with Crippen molar-refractivity contribution < 1.29 is 9.13 Å². The summed E-state index contributed by atoms with van der Waals surface area (Å²) in [5.74, 6) is 1.46. The molecule has 0 atom stereocenters. The molecule has 1 aliphatic heterocycles. The van der Waals surface area contributed by atoms with Crippen LogP contribution in [-0.2, 0) is 24.4 Å². The zero-order valence-electron chi connectivity index (χ0n) is 16.3. The van der Waals surface area contributed by atoms with E-state index in [1.807, 2.05) is 46.8 Å². The molecule has 3 heterocycles. The second-order valence-corrected chi connectivity index (χ2v) is 7.75. The standard InChI is InChI=1S/C16H13BrFN3OS.2C2H6/c1-9-19-20-14-8-22-7-13-12(15(17)23-16(13)21(9)14)6-10-2-4-11(18)5-3-10;2*1-2/h2-5H,6-8H2,1H3;2*1-2H3. The molecule has 0 unspecified atom stereocenters. The lowest BCUT2D eigenvalue weighted by molar-refractivity contribution is 0.104. The maximum absolute atomic E-state index is 13.1. The number of hydrogen-bond acceptors (Lipinski definition) is 4. The van der Waals surface area contributed by atoms with Crippen LogP contribution in [0.15, 0.2) is 28.1 Å². The predicted octanol–water partition coefficient (Wildman–Crippen LogP) is 6.21. The fraction of sp³-hybridized carbons (Fsp3) is 0.400. The molecule has 0 radical (unpaired) electrons. The molecule has 146 valence electrons. The van der Waals surface area contributed by atoms with Gasteiger partial charge in [0.05, 0.1) is 10.4 Å². The van der Waals surface area contributed by atoms with Gasteiger partial charge in [0.2, 0.25) is 0 Å². The summed E-state index contributed by atoms with van der Waals surface area (Å²) in [5, 5.41) is 9.44. The Morgan fingerprint density at radius 3 is 2.44 bits per heavy atom. The van der Waals surface area contributed by atoms with Crippen molar-refractivity contribution in [3.63, 3.8) is 0 Å². The van der Waals surface area contributed by atoms with Crippen molar-refractivity contribution in [1.29, 1.82) is 0 Å². The zero-order chi connectivity index (χ0) is 20.0. The van der Waals surface area contributed by atoms with Crippen LogP contribution < -0.4 is 0 Å². The molecule has 0 amide bonds. The summed E-state index contributed by atoms with van der Waals surface area (Å²) >= 11 is 5.33. The predicted molar refractivity (Wildman–Crippen MR) is 112 cm³/mol. The van der Waals surface area contributed by atoms with E-state index in [0.29, 0.717) is 13.2 Å². The Hall–Kier alpha value is -1.57. The van der Waals surface area contributed by atoms with E-state index >= 15 is 0 Å². The monoisotopic (exact) mass is 453 g/mol. The van der Waals surface area contributed by atoms with E-state index in [1.165, 1.54) is 17.7 Å². The molecular formula is C20H25BrFN3OS. The number of thiophene rings is 1. The Kier molecular flexibility index (Phi) is 8.13. The van der Waals surface area contributed by atoms with Gasteiger partial charge in [-0.05, 0) is 52.5 Å². The van der Waals surface area contributed by atoms with Crippen LogP contribution in [0.1, 0.15) is 56.0 Å². The Morgan fingerprint density at radius 2 is 1.78 bits per heavy atom. The highest BCUT2D eigenvalue weighted by Gasteiger charge is 2.25. The summed E-state index contributed by atoms with van der Waals surface area (Å²) in [5.41, 5.74) is 3.39. The van der Waals surface area contributed by atoms with Gasteiger partial charge in [-0.3, -0.25) is 4.57 Å². The van der Waals surface area contributed by atoms with Gasteiger partial charge in [-0.2, -0.15) is 0 Å². The van der Waals surface area contributed by atoms with Gasteiger partial charge in [-0.25, -0.2) is 4.39 Å². The number of aromatic nitrogens is 3. The van der Waals surface area contributed by atoms with Crippen molar-refractivity contribution in [3.05, 3.63) is 62.2 Å². The maximum Gasteiger partial charge on any atom is 0.164 e. The molecule has 7 heteroatoms. The summed E-state index contributed by atoms with van der Waals surface area (Å²) in [6.07, 6.45) is 0.729. The van der Waals surface area contributed by atoms with Crippen LogP contribution >= 0.6 is 27.3 Å². The van der Waals surface area contributed by atoms with Crippen LogP contribution in [-0.4, -0.2) is 14.8 Å². The fourth-order valence-electron chi connectivity index (χ4n) is 2.78. The van der Waals surface area contributed by atoms with Gasteiger partial charge in [-0.15, -0.1) is 21.5 Å². The molecule has 1 aliphatic rings. The van der Waals surface area contributed by atoms with E-state index < -0.39 is 0 Å². The first-order valence-electron chi connectivity index (χ1n) is 9.17. The molecule has 0 N–H and O–H groups in total. The molecule has 3 aromatic rings. The first-order valence-corrected chi connectivity index (χ1v) is 10.8. The molecule has 2 aromatic heterocycles. The normalized spacial score (nSPS) is 12.0. The number of fused-ring (bicyclic) bond motifs is 3. The van der Waals surface area contributed by atoms with E-state index in [-0.39, 0.29) is 5.82 Å². The number of aryl methyl sites for hydroxylation is 1. The summed E-state index contributed by atoms with van der Waals surface area (Å²) in [4.78, 5) is 0. The second kappa shape index (κ2) is 10.1. The number of hydrogen-bond donors (Lipinski definition) is 0. The molecule has 0 spiro atoms. The van der Waals surface area contributed by atoms with Crippen molar-refractivity contribution in [1.82, 2.24) is 14.8 Å². The Bertz CT molecular complexity index is 874. The quantitative estimate of drug-likeness (QED) is 0.462. The number of ether oxygens (including phenoxy) is 1. The molecule has 0 fully saturated rings. The zero-order valence-corrected chi connectivity index (χ0v) is 18.7. The Balaban J connectivity index is 0.000000614. The van der Waals surface area contributed by atoms with E-state index in [0.717, 1.165) is 38.0 Å². The van der Waals surface area contributed by atoms with Crippen molar-refractivity contribution in [2.45, 2.75) is 54.3 Å². The van der Waals surface area contributed by atoms with E-state index in [2.05, 4.69) is 30.7 Å². The lowest BCUT2D eigenvalue weighted by Gasteiger charge is -2.06. The topological polar surface area (TPSA) is 39.9 Å². The highest BCUT2D eigenvalue weighted by atomic mass is 79.9. The molecule has 4 rings (SSSR count). The van der Waals surface area contributed by atoms with Gasteiger partial charge in [0.1, 0.15) is 23.2 Å². The van der Waals surface area contributed by atoms with Crippen molar-refractivity contribution in [2.75, 3.05) is 0 Å². The first-order chi connectivity index (χ1) is 13.1. The molecule has 0 aliphatic carbocycles. The van der Waals surface area contributed by atoms with Gasteiger partial charge in [0.15, 0.2) is 5.82 Å².